The molecule has 0 saturated heterocycles. The Morgan fingerprint density at radius 1 is 1.47 bits per heavy atom. The van der Waals surface area contributed by atoms with Gasteiger partial charge < -0.3 is 4.52 Å². The molecule has 0 spiro atoms. The fraction of sp³-hybridized carbons (Fsp3) is 0. The van der Waals surface area contributed by atoms with Crippen molar-refractivity contribution in [3.05, 3.63) is 40.3 Å². The number of carbonyl (C=O) groups is 1. The molecule has 1 heterocycles. The number of hydrogen-bond donors (Lipinski definition) is 0. The minimum absolute atomic E-state index is 0.319. The normalized spacial score (nSPS) is 10.3. The second kappa shape index (κ2) is 3.94. The summed E-state index contributed by atoms with van der Waals surface area (Å²) in [4.78, 5) is 10.6. The van der Waals surface area contributed by atoms with Crippen molar-refractivity contribution in [2.75, 3.05) is 0 Å². The van der Waals surface area contributed by atoms with Crippen molar-refractivity contribution in [1.29, 1.82) is 0 Å². The smallest absolute Gasteiger partial charge is 0.155 e. The van der Waals surface area contributed by atoms with Crippen LogP contribution in [-0.2, 0) is 0 Å². The first-order valence-electron chi connectivity index (χ1n) is 4.07. The second-order valence-electron chi connectivity index (χ2n) is 2.87. The highest BCUT2D eigenvalue weighted by molar-refractivity contribution is 9.10. The molecule has 3 nitrogen and oxygen atoms in total. The maximum atomic E-state index is 13.0. The molecule has 1 aromatic carbocycles. The van der Waals surface area contributed by atoms with E-state index in [1.54, 1.807) is 6.07 Å². The topological polar surface area (TPSA) is 43.1 Å². The summed E-state index contributed by atoms with van der Waals surface area (Å²) in [7, 11) is 0. The lowest BCUT2D eigenvalue weighted by atomic mass is 10.1. The van der Waals surface area contributed by atoms with Crippen LogP contribution in [0.5, 0.6) is 0 Å². The van der Waals surface area contributed by atoms with E-state index in [4.69, 9.17) is 0 Å². The minimum Gasteiger partial charge on any atom is -0.363 e. The van der Waals surface area contributed by atoms with Crippen molar-refractivity contribution in [3.8, 4) is 11.3 Å². The van der Waals surface area contributed by atoms with Crippen LogP contribution in [0.4, 0.5) is 4.39 Å². The molecule has 5 heteroatoms. The molecule has 0 unspecified atom stereocenters. The molecule has 0 aliphatic heterocycles. The van der Waals surface area contributed by atoms with E-state index in [0.29, 0.717) is 27.6 Å². The molecule has 0 bridgehead atoms. The summed E-state index contributed by atoms with van der Waals surface area (Å²) < 4.78 is 18.0. The Hall–Kier alpha value is -1.49. The van der Waals surface area contributed by atoms with Gasteiger partial charge in [-0.2, -0.15) is 0 Å². The molecule has 0 fully saturated rings. The van der Waals surface area contributed by atoms with E-state index in [-0.39, 0.29) is 5.82 Å². The number of aromatic nitrogens is 1. The van der Waals surface area contributed by atoms with E-state index in [9.17, 15) is 9.18 Å². The molecular formula is C10H5BrFNO2. The molecule has 0 saturated carbocycles. The summed E-state index contributed by atoms with van der Waals surface area (Å²) in [6, 6.07) is 4.37. The van der Waals surface area contributed by atoms with Gasteiger partial charge in [0.1, 0.15) is 17.8 Å². The molecule has 0 amide bonds. The van der Waals surface area contributed by atoms with E-state index < -0.39 is 0 Å². The zero-order chi connectivity index (χ0) is 10.8. The summed E-state index contributed by atoms with van der Waals surface area (Å²) >= 11 is 3.06. The number of hydrogen-bond acceptors (Lipinski definition) is 3. The number of nitrogens with zero attached hydrogens (tertiary/aromatic N) is 1. The van der Waals surface area contributed by atoms with Gasteiger partial charge in [-0.1, -0.05) is 5.16 Å². The lowest BCUT2D eigenvalue weighted by Gasteiger charge is -1.98. The molecule has 2 rings (SSSR count). The fourth-order valence-corrected chi connectivity index (χ4v) is 1.57. The molecule has 0 aliphatic carbocycles. The zero-order valence-corrected chi connectivity index (χ0v) is 8.99. The lowest BCUT2D eigenvalue weighted by Crippen LogP contribution is -1.85. The second-order valence-corrected chi connectivity index (χ2v) is 3.72. The van der Waals surface area contributed by atoms with Gasteiger partial charge >= 0.3 is 0 Å². The van der Waals surface area contributed by atoms with Gasteiger partial charge in [0.2, 0.25) is 0 Å². The first-order valence-corrected chi connectivity index (χ1v) is 4.86. The van der Waals surface area contributed by atoms with E-state index in [2.05, 4.69) is 25.6 Å². The van der Waals surface area contributed by atoms with Crippen molar-refractivity contribution in [1.82, 2.24) is 5.16 Å². The predicted molar refractivity (Wildman–Crippen MR) is 55.0 cm³/mol. The van der Waals surface area contributed by atoms with E-state index >= 15 is 0 Å². The van der Waals surface area contributed by atoms with Gasteiger partial charge in [-0.25, -0.2) is 4.39 Å². The van der Waals surface area contributed by atoms with Crippen LogP contribution in [0.25, 0.3) is 11.3 Å². The highest BCUT2D eigenvalue weighted by Gasteiger charge is 2.10. The van der Waals surface area contributed by atoms with E-state index in [1.165, 1.54) is 18.4 Å². The number of aldehydes is 1. The Balaban J connectivity index is 2.54. The molecule has 2 aromatic rings. The van der Waals surface area contributed by atoms with Crippen molar-refractivity contribution in [3.63, 3.8) is 0 Å². The largest absolute Gasteiger partial charge is 0.363 e. The molecule has 1 aromatic heterocycles. The number of benzene rings is 1. The SMILES string of the molecule is O=Cc1conc1-c1ccc(F)c(Br)c1. The van der Waals surface area contributed by atoms with Gasteiger partial charge in [0, 0.05) is 5.56 Å². The number of halogens is 2. The van der Waals surface area contributed by atoms with Gasteiger partial charge in [0.25, 0.3) is 0 Å². The Morgan fingerprint density at radius 2 is 2.27 bits per heavy atom. The van der Waals surface area contributed by atoms with Crippen molar-refractivity contribution >= 4 is 22.2 Å². The molecular weight excluding hydrogens is 265 g/mol. The molecule has 76 valence electrons. The standard InChI is InChI=1S/C10H5BrFNO2/c11-8-3-6(1-2-9(8)12)10-7(4-14)5-15-13-10/h1-5H. The van der Waals surface area contributed by atoms with Gasteiger partial charge in [0.15, 0.2) is 6.29 Å². The summed E-state index contributed by atoms with van der Waals surface area (Å²) in [5.41, 5.74) is 1.37. The number of rotatable bonds is 2. The highest BCUT2D eigenvalue weighted by Crippen LogP contribution is 2.25. The third-order valence-corrected chi connectivity index (χ3v) is 2.52. The molecule has 15 heavy (non-hydrogen) atoms. The van der Waals surface area contributed by atoms with Crippen LogP contribution in [-0.4, -0.2) is 11.4 Å². The van der Waals surface area contributed by atoms with Crippen LogP contribution in [0, 0.1) is 5.82 Å². The Bertz CT molecular complexity index is 510. The maximum absolute atomic E-state index is 13.0. The Morgan fingerprint density at radius 3 is 2.93 bits per heavy atom. The van der Waals surface area contributed by atoms with Crippen LogP contribution < -0.4 is 0 Å². The zero-order valence-electron chi connectivity index (χ0n) is 7.41. The van der Waals surface area contributed by atoms with E-state index in [1.807, 2.05) is 0 Å². The third kappa shape index (κ3) is 1.83. The first-order chi connectivity index (χ1) is 7.22. The quantitative estimate of drug-likeness (QED) is 0.787. The van der Waals surface area contributed by atoms with Crippen LogP contribution in [0.15, 0.2) is 33.5 Å². The van der Waals surface area contributed by atoms with Crippen molar-refractivity contribution in [2.24, 2.45) is 0 Å². The molecule has 0 atom stereocenters. The van der Waals surface area contributed by atoms with Gasteiger partial charge in [0.05, 0.1) is 10.0 Å². The summed E-state index contributed by atoms with van der Waals surface area (Å²) in [5.74, 6) is -0.366. The van der Waals surface area contributed by atoms with Crippen LogP contribution in [0.3, 0.4) is 0 Å². The highest BCUT2D eigenvalue weighted by atomic mass is 79.9. The van der Waals surface area contributed by atoms with Gasteiger partial charge in [-0.3, -0.25) is 4.79 Å². The Labute approximate surface area is 93.0 Å². The van der Waals surface area contributed by atoms with Crippen LogP contribution in [0.2, 0.25) is 0 Å². The van der Waals surface area contributed by atoms with E-state index in [0.717, 1.165) is 0 Å². The minimum atomic E-state index is -0.366. The third-order valence-electron chi connectivity index (χ3n) is 1.92. The summed E-state index contributed by atoms with van der Waals surface area (Å²) in [6.45, 7) is 0. The van der Waals surface area contributed by atoms with Gasteiger partial charge in [-0.15, -0.1) is 0 Å². The summed E-state index contributed by atoms with van der Waals surface area (Å²) in [6.07, 6.45) is 1.89. The fourth-order valence-electron chi connectivity index (χ4n) is 1.19. The number of carbonyl (C=O) groups excluding carboxylic acids is 1. The monoisotopic (exact) mass is 269 g/mol. The van der Waals surface area contributed by atoms with Gasteiger partial charge in [-0.05, 0) is 34.1 Å². The van der Waals surface area contributed by atoms with Crippen molar-refractivity contribution < 1.29 is 13.7 Å². The average Bonchev–Trinajstić information content (AvgIpc) is 2.70. The molecule has 0 radical (unpaired) electrons. The maximum Gasteiger partial charge on any atom is 0.155 e. The summed E-state index contributed by atoms with van der Waals surface area (Å²) in [5, 5.41) is 3.68. The Kier molecular flexibility index (Phi) is 2.64. The van der Waals surface area contributed by atoms with Crippen LogP contribution in [0.1, 0.15) is 10.4 Å². The molecule has 0 N–H and O–H groups in total. The van der Waals surface area contributed by atoms with Crippen molar-refractivity contribution in [2.45, 2.75) is 0 Å². The lowest BCUT2D eigenvalue weighted by molar-refractivity contribution is 0.112. The predicted octanol–water partition coefficient (Wildman–Crippen LogP) is 3.06. The van der Waals surface area contributed by atoms with Crippen LogP contribution >= 0.6 is 15.9 Å². The molecule has 0 aliphatic rings. The first kappa shape index (κ1) is 10.0. The average molecular weight is 270 g/mol.